The Morgan fingerprint density at radius 2 is 0.672 bits per heavy atom. The molecule has 14 rings (SSSR count). The Morgan fingerprint density at radius 3 is 1.27 bits per heavy atom. The van der Waals surface area contributed by atoms with E-state index in [0.29, 0.717) is 0 Å². The van der Waals surface area contributed by atoms with Crippen molar-refractivity contribution in [3.63, 3.8) is 0 Å². The van der Waals surface area contributed by atoms with Gasteiger partial charge in [-0.15, -0.1) is 0 Å². The Labute approximate surface area is 372 Å². The van der Waals surface area contributed by atoms with Crippen molar-refractivity contribution in [2.24, 2.45) is 0 Å². The van der Waals surface area contributed by atoms with Crippen LogP contribution in [0.15, 0.2) is 241 Å². The second kappa shape index (κ2) is 13.2. The Hall–Kier alpha value is -8.20. The van der Waals surface area contributed by atoms with Gasteiger partial charge in [-0.1, -0.05) is 188 Å². The molecule has 3 aliphatic carbocycles. The Bertz CT molecular complexity index is 3590. The van der Waals surface area contributed by atoms with Gasteiger partial charge in [0.1, 0.15) is 11.2 Å². The second-order valence-corrected chi connectivity index (χ2v) is 17.5. The zero-order valence-corrected chi connectivity index (χ0v) is 34.9. The molecule has 0 fully saturated rings. The summed E-state index contributed by atoms with van der Waals surface area (Å²) in [4.78, 5) is 2.41. The average Bonchev–Trinajstić information content (AvgIpc) is 3.99. The molecule has 2 nitrogen and oxygen atoms in total. The monoisotopic (exact) mass is 813 g/mol. The van der Waals surface area contributed by atoms with E-state index in [9.17, 15) is 0 Å². The van der Waals surface area contributed by atoms with E-state index in [1.54, 1.807) is 0 Å². The summed E-state index contributed by atoms with van der Waals surface area (Å²) in [6.07, 6.45) is 0. The van der Waals surface area contributed by atoms with E-state index in [1.807, 2.05) is 6.07 Å². The fourth-order valence-electron chi connectivity index (χ4n) is 12.1. The van der Waals surface area contributed by atoms with Crippen molar-refractivity contribution in [2.45, 2.75) is 10.8 Å². The summed E-state index contributed by atoms with van der Waals surface area (Å²) in [5.41, 5.74) is 22.0. The first-order valence-corrected chi connectivity index (χ1v) is 22.3. The van der Waals surface area contributed by atoms with Gasteiger partial charge in [0.25, 0.3) is 0 Å². The van der Waals surface area contributed by atoms with Crippen LogP contribution in [0.1, 0.15) is 44.5 Å². The Balaban J connectivity index is 1.05. The smallest absolute Gasteiger partial charge is 0.137 e. The lowest BCUT2D eigenvalue weighted by molar-refractivity contribution is 0.633. The molecule has 0 amide bonds. The molecule has 0 unspecified atom stereocenters. The summed E-state index contributed by atoms with van der Waals surface area (Å²) in [6, 6.07) is 87.8. The minimum atomic E-state index is -0.599. The lowest BCUT2D eigenvalue weighted by atomic mass is 9.52. The molecule has 298 valence electrons. The molecule has 0 saturated heterocycles. The predicted molar refractivity (Wildman–Crippen MR) is 262 cm³/mol. The van der Waals surface area contributed by atoms with Crippen molar-refractivity contribution >= 4 is 39.0 Å². The van der Waals surface area contributed by atoms with Gasteiger partial charge in [-0.2, -0.15) is 0 Å². The van der Waals surface area contributed by atoms with Crippen molar-refractivity contribution in [2.75, 3.05) is 4.90 Å². The van der Waals surface area contributed by atoms with Gasteiger partial charge in [0.2, 0.25) is 0 Å². The molecule has 0 aliphatic heterocycles. The Morgan fingerprint density at radius 1 is 0.266 bits per heavy atom. The quantitative estimate of drug-likeness (QED) is 0.176. The maximum Gasteiger partial charge on any atom is 0.137 e. The van der Waals surface area contributed by atoms with Gasteiger partial charge in [-0.25, -0.2) is 0 Å². The normalized spacial score (nSPS) is 14.2. The number of hydrogen-bond acceptors (Lipinski definition) is 2. The fraction of sp³-hybridized carbons (Fsp3) is 0.0323. The van der Waals surface area contributed by atoms with Crippen LogP contribution in [0.2, 0.25) is 0 Å². The van der Waals surface area contributed by atoms with Gasteiger partial charge >= 0.3 is 0 Å². The second-order valence-electron chi connectivity index (χ2n) is 17.5. The third-order valence-corrected chi connectivity index (χ3v) is 14.6. The number of para-hydroxylation sites is 1. The van der Waals surface area contributed by atoms with E-state index >= 15 is 0 Å². The van der Waals surface area contributed by atoms with Crippen LogP contribution in [0.4, 0.5) is 17.1 Å². The van der Waals surface area contributed by atoms with Gasteiger partial charge in [0.15, 0.2) is 0 Å². The van der Waals surface area contributed by atoms with Crippen LogP contribution in [-0.2, 0) is 10.8 Å². The number of benzene rings is 10. The number of furan rings is 1. The van der Waals surface area contributed by atoms with Crippen molar-refractivity contribution in [1.29, 1.82) is 0 Å². The highest BCUT2D eigenvalue weighted by Gasteiger charge is 2.58. The minimum absolute atomic E-state index is 0.491. The summed E-state index contributed by atoms with van der Waals surface area (Å²) >= 11 is 0. The van der Waals surface area contributed by atoms with Gasteiger partial charge in [-0.05, 0) is 120 Å². The average molecular weight is 814 g/mol. The zero-order valence-electron chi connectivity index (χ0n) is 34.9. The molecule has 2 heteroatoms. The van der Waals surface area contributed by atoms with Crippen LogP contribution < -0.4 is 4.90 Å². The third-order valence-electron chi connectivity index (χ3n) is 14.6. The maximum atomic E-state index is 6.55. The van der Waals surface area contributed by atoms with Gasteiger partial charge in [0, 0.05) is 33.9 Å². The highest BCUT2D eigenvalue weighted by atomic mass is 16.3. The number of nitrogens with zero attached hydrogens (tertiary/aromatic N) is 1. The number of hydrogen-bond donors (Lipinski definition) is 0. The fourth-order valence-corrected chi connectivity index (χ4v) is 12.1. The summed E-state index contributed by atoms with van der Waals surface area (Å²) in [5, 5.41) is 2.24. The Kier molecular flexibility index (Phi) is 7.28. The van der Waals surface area contributed by atoms with Crippen molar-refractivity contribution < 1.29 is 4.42 Å². The van der Waals surface area contributed by atoms with Crippen LogP contribution in [0, 0.1) is 0 Å². The van der Waals surface area contributed by atoms with Gasteiger partial charge in [0.05, 0.1) is 10.8 Å². The molecule has 1 aromatic heterocycles. The molecule has 0 radical (unpaired) electrons. The molecule has 1 heterocycles. The summed E-state index contributed by atoms with van der Waals surface area (Å²) < 4.78 is 6.55. The van der Waals surface area contributed by atoms with E-state index in [1.165, 1.54) is 77.9 Å². The maximum absolute atomic E-state index is 6.55. The molecule has 64 heavy (non-hydrogen) atoms. The third kappa shape index (κ3) is 4.54. The van der Waals surface area contributed by atoms with Crippen molar-refractivity contribution in [3.05, 3.63) is 281 Å². The number of fused-ring (bicyclic) bond motifs is 19. The van der Waals surface area contributed by atoms with Crippen molar-refractivity contribution in [3.8, 4) is 33.4 Å². The molecule has 2 spiro atoms. The molecule has 3 aliphatic rings. The van der Waals surface area contributed by atoms with Gasteiger partial charge < -0.3 is 9.32 Å². The standard InChI is InChI=1S/C62H39NO/c1-2-16-40(17-3-1)41-30-32-42(33-31-41)63(44-35-37-50-49-21-7-15-29-59(49)64-60(50)39-44)43-34-36-48-47-20-6-10-24-53(47)62(58(48)38-43)56-27-13-11-25-54(56)61(55-26-12-14-28-57(55)62)51-22-8-4-18-45(51)46-19-5-9-23-52(46)61/h1-39H. The predicted octanol–water partition coefficient (Wildman–Crippen LogP) is 15.8. The van der Waals surface area contributed by atoms with Crippen LogP contribution in [0.25, 0.3) is 55.3 Å². The van der Waals surface area contributed by atoms with E-state index in [0.717, 1.165) is 39.0 Å². The topological polar surface area (TPSA) is 16.4 Å². The SMILES string of the molecule is c1ccc(-c2ccc(N(c3ccc4c(c3)C3(c5ccccc5-4)c4ccccc4C4(c5ccccc5-c5ccccc54)c4ccccc43)c3ccc4c(c3)oc3ccccc34)cc2)cc1. The van der Waals surface area contributed by atoms with E-state index < -0.39 is 10.8 Å². The largest absolute Gasteiger partial charge is 0.456 e. The molecule has 0 saturated carbocycles. The minimum Gasteiger partial charge on any atom is -0.456 e. The summed E-state index contributed by atoms with van der Waals surface area (Å²) in [5.74, 6) is 0. The lowest BCUT2D eigenvalue weighted by Crippen LogP contribution is -2.43. The van der Waals surface area contributed by atoms with Crippen LogP contribution in [-0.4, -0.2) is 0 Å². The van der Waals surface area contributed by atoms with Gasteiger partial charge in [-0.3, -0.25) is 0 Å². The molecule has 10 aromatic carbocycles. The first-order valence-electron chi connectivity index (χ1n) is 22.3. The van der Waals surface area contributed by atoms with Crippen LogP contribution >= 0.6 is 0 Å². The summed E-state index contributed by atoms with van der Waals surface area (Å²) in [7, 11) is 0. The molecule has 0 atom stereocenters. The van der Waals surface area contributed by atoms with Crippen LogP contribution in [0.5, 0.6) is 0 Å². The highest BCUT2D eigenvalue weighted by molar-refractivity contribution is 6.06. The summed E-state index contributed by atoms with van der Waals surface area (Å²) in [6.45, 7) is 0. The van der Waals surface area contributed by atoms with E-state index in [-0.39, 0.29) is 0 Å². The number of anilines is 3. The van der Waals surface area contributed by atoms with E-state index in [4.69, 9.17) is 4.42 Å². The first-order chi connectivity index (χ1) is 31.7. The zero-order chi connectivity index (χ0) is 42.0. The number of rotatable bonds is 4. The van der Waals surface area contributed by atoms with E-state index in [2.05, 4.69) is 235 Å². The van der Waals surface area contributed by atoms with Crippen LogP contribution in [0.3, 0.4) is 0 Å². The molecular formula is C62H39NO. The lowest BCUT2D eigenvalue weighted by Gasteiger charge is -2.49. The molecular weight excluding hydrogens is 775 g/mol. The molecule has 11 aromatic rings. The highest BCUT2D eigenvalue weighted by Crippen LogP contribution is 2.67. The molecule has 0 bridgehead atoms. The molecule has 0 N–H and O–H groups in total. The first kappa shape index (κ1) is 35.4. The van der Waals surface area contributed by atoms with Crippen molar-refractivity contribution in [1.82, 2.24) is 0 Å².